The first-order valence-electron chi connectivity index (χ1n) is 5.08. The van der Waals surface area contributed by atoms with Crippen LogP contribution in [0.15, 0.2) is 12.8 Å². The van der Waals surface area contributed by atoms with E-state index in [9.17, 15) is 0 Å². The van der Waals surface area contributed by atoms with E-state index in [1.807, 2.05) is 10.9 Å². The highest BCUT2D eigenvalue weighted by molar-refractivity contribution is 5.58. The summed E-state index contributed by atoms with van der Waals surface area (Å²) in [4.78, 5) is 0. The van der Waals surface area contributed by atoms with Gasteiger partial charge in [-0.25, -0.2) is 0 Å². The molecular formula is C10H16N4. The molecule has 2 rings (SSSR count). The van der Waals surface area contributed by atoms with Crippen LogP contribution in [-0.4, -0.2) is 21.5 Å². The Balaban J connectivity index is 1.97. The molecule has 1 fully saturated rings. The Kier molecular flexibility index (Phi) is 2.63. The van der Waals surface area contributed by atoms with E-state index in [1.54, 1.807) is 0 Å². The maximum atomic E-state index is 5.45. The minimum atomic E-state index is 0.619. The molecule has 0 amide bonds. The summed E-state index contributed by atoms with van der Waals surface area (Å²) in [6.45, 7) is 5.55. The second kappa shape index (κ2) is 3.92. The molecule has 1 aromatic rings. The van der Waals surface area contributed by atoms with E-state index < -0.39 is 0 Å². The van der Waals surface area contributed by atoms with Gasteiger partial charge in [-0.3, -0.25) is 4.68 Å². The zero-order chi connectivity index (χ0) is 9.97. The normalized spacial score (nSPS) is 15.8. The van der Waals surface area contributed by atoms with Gasteiger partial charge in [0.1, 0.15) is 5.69 Å². The minimum absolute atomic E-state index is 0.619. The van der Waals surface area contributed by atoms with Crippen molar-refractivity contribution in [3.8, 4) is 0 Å². The van der Waals surface area contributed by atoms with Crippen molar-refractivity contribution in [2.75, 3.05) is 6.54 Å². The summed E-state index contributed by atoms with van der Waals surface area (Å²) in [6, 6.07) is 0. The number of hydrogen-bond donors (Lipinski definition) is 1. The molecule has 0 aliphatic heterocycles. The van der Waals surface area contributed by atoms with E-state index >= 15 is 0 Å². The van der Waals surface area contributed by atoms with Crippen molar-refractivity contribution in [1.82, 2.24) is 15.0 Å². The predicted octanol–water partition coefficient (Wildman–Crippen LogP) is 1.05. The molecule has 4 heteroatoms. The molecule has 0 spiro atoms. The Bertz CT molecular complexity index is 325. The molecule has 14 heavy (non-hydrogen) atoms. The number of rotatable bonds is 5. The Hall–Kier alpha value is -1.16. The van der Waals surface area contributed by atoms with Gasteiger partial charge in [0.25, 0.3) is 0 Å². The highest BCUT2D eigenvalue weighted by atomic mass is 15.4. The molecule has 0 unspecified atom stereocenters. The largest absolute Gasteiger partial charge is 0.330 e. The van der Waals surface area contributed by atoms with Gasteiger partial charge in [-0.1, -0.05) is 11.8 Å². The van der Waals surface area contributed by atoms with Crippen molar-refractivity contribution in [2.45, 2.75) is 25.8 Å². The van der Waals surface area contributed by atoms with Gasteiger partial charge in [0.2, 0.25) is 0 Å². The first-order valence-corrected chi connectivity index (χ1v) is 5.08. The lowest BCUT2D eigenvalue weighted by Crippen LogP contribution is -2.00. The zero-order valence-electron chi connectivity index (χ0n) is 8.32. The summed E-state index contributed by atoms with van der Waals surface area (Å²) in [6.07, 6.45) is 5.43. The van der Waals surface area contributed by atoms with Crippen molar-refractivity contribution in [3.05, 3.63) is 18.5 Å². The van der Waals surface area contributed by atoms with Crippen molar-refractivity contribution < 1.29 is 0 Å². The lowest BCUT2D eigenvalue weighted by molar-refractivity contribution is 0.544. The third kappa shape index (κ3) is 2.20. The van der Waals surface area contributed by atoms with Crippen molar-refractivity contribution in [2.24, 2.45) is 11.7 Å². The molecule has 0 bridgehead atoms. The summed E-state index contributed by atoms with van der Waals surface area (Å²) in [7, 11) is 0. The summed E-state index contributed by atoms with van der Waals surface area (Å²) < 4.78 is 1.91. The van der Waals surface area contributed by atoms with Crippen LogP contribution in [-0.2, 0) is 6.54 Å². The Labute approximate surface area is 83.8 Å². The predicted molar refractivity (Wildman–Crippen MR) is 55.5 cm³/mol. The molecule has 76 valence electrons. The average molecular weight is 192 g/mol. The number of nitrogens with zero attached hydrogens (tertiary/aromatic N) is 3. The van der Waals surface area contributed by atoms with Gasteiger partial charge in [-0.15, -0.1) is 5.10 Å². The van der Waals surface area contributed by atoms with E-state index in [-0.39, 0.29) is 0 Å². The molecule has 1 aliphatic carbocycles. The second-order valence-electron chi connectivity index (χ2n) is 3.91. The quantitative estimate of drug-likeness (QED) is 0.758. The Morgan fingerprint density at radius 1 is 1.64 bits per heavy atom. The van der Waals surface area contributed by atoms with E-state index in [2.05, 4.69) is 16.9 Å². The van der Waals surface area contributed by atoms with Crippen LogP contribution in [0.5, 0.6) is 0 Å². The van der Waals surface area contributed by atoms with Crippen LogP contribution in [0.25, 0.3) is 5.57 Å². The summed E-state index contributed by atoms with van der Waals surface area (Å²) in [5.41, 5.74) is 7.31. The molecule has 1 aromatic heterocycles. The van der Waals surface area contributed by atoms with Crippen molar-refractivity contribution >= 4 is 5.57 Å². The van der Waals surface area contributed by atoms with E-state index in [1.165, 1.54) is 12.8 Å². The van der Waals surface area contributed by atoms with E-state index in [4.69, 9.17) is 5.73 Å². The molecule has 4 nitrogen and oxygen atoms in total. The van der Waals surface area contributed by atoms with Crippen LogP contribution in [0, 0.1) is 5.92 Å². The fraction of sp³-hybridized carbons (Fsp3) is 0.600. The van der Waals surface area contributed by atoms with Gasteiger partial charge >= 0.3 is 0 Å². The Morgan fingerprint density at radius 3 is 3.07 bits per heavy atom. The molecule has 0 aromatic carbocycles. The van der Waals surface area contributed by atoms with Crippen LogP contribution in [0.1, 0.15) is 25.0 Å². The van der Waals surface area contributed by atoms with Gasteiger partial charge < -0.3 is 5.73 Å². The topological polar surface area (TPSA) is 56.7 Å². The SMILES string of the molecule is C=C(CCN)c1cn(CC2CC2)nn1. The maximum Gasteiger partial charge on any atom is 0.108 e. The van der Waals surface area contributed by atoms with Gasteiger partial charge in [0.05, 0.1) is 6.20 Å². The Morgan fingerprint density at radius 2 is 2.43 bits per heavy atom. The monoisotopic (exact) mass is 192 g/mol. The lowest BCUT2D eigenvalue weighted by Gasteiger charge is -1.97. The molecule has 2 N–H and O–H groups in total. The highest BCUT2D eigenvalue weighted by Crippen LogP contribution is 2.30. The first-order chi connectivity index (χ1) is 6.79. The molecule has 1 aliphatic rings. The smallest absolute Gasteiger partial charge is 0.108 e. The fourth-order valence-corrected chi connectivity index (χ4v) is 1.42. The lowest BCUT2D eigenvalue weighted by atomic mass is 10.2. The summed E-state index contributed by atoms with van der Waals surface area (Å²) in [5.74, 6) is 0.826. The molecular weight excluding hydrogens is 176 g/mol. The van der Waals surface area contributed by atoms with Crippen LogP contribution >= 0.6 is 0 Å². The number of aromatic nitrogens is 3. The maximum absolute atomic E-state index is 5.45. The number of hydrogen-bond acceptors (Lipinski definition) is 3. The second-order valence-corrected chi connectivity index (χ2v) is 3.91. The van der Waals surface area contributed by atoms with E-state index in [0.717, 1.165) is 30.2 Å². The first kappa shape index (κ1) is 9.40. The van der Waals surface area contributed by atoms with E-state index in [0.29, 0.717) is 6.54 Å². The van der Waals surface area contributed by atoms with Gasteiger partial charge in [-0.05, 0) is 37.3 Å². The molecule has 0 atom stereocenters. The zero-order valence-corrected chi connectivity index (χ0v) is 8.32. The molecule has 1 heterocycles. The highest BCUT2D eigenvalue weighted by Gasteiger charge is 2.22. The number of nitrogens with two attached hydrogens (primary N) is 1. The molecule has 0 saturated heterocycles. The summed E-state index contributed by atoms with van der Waals surface area (Å²) in [5, 5.41) is 8.14. The van der Waals surface area contributed by atoms with Crippen LogP contribution in [0.2, 0.25) is 0 Å². The van der Waals surface area contributed by atoms with Gasteiger partial charge in [0.15, 0.2) is 0 Å². The average Bonchev–Trinajstić information content (AvgIpc) is 2.82. The molecule has 0 radical (unpaired) electrons. The standard InChI is InChI=1S/C10H16N4/c1-8(4-5-11)10-7-14(13-12-10)6-9-2-3-9/h7,9H,1-6,11H2. The van der Waals surface area contributed by atoms with Gasteiger partial charge in [0, 0.05) is 6.54 Å². The third-order valence-electron chi connectivity index (χ3n) is 2.49. The van der Waals surface area contributed by atoms with Crippen LogP contribution in [0.4, 0.5) is 0 Å². The van der Waals surface area contributed by atoms with Crippen LogP contribution in [0.3, 0.4) is 0 Å². The fourth-order valence-electron chi connectivity index (χ4n) is 1.42. The van der Waals surface area contributed by atoms with Crippen LogP contribution < -0.4 is 5.73 Å². The third-order valence-corrected chi connectivity index (χ3v) is 2.49. The van der Waals surface area contributed by atoms with Gasteiger partial charge in [-0.2, -0.15) is 0 Å². The van der Waals surface area contributed by atoms with Crippen molar-refractivity contribution in [3.63, 3.8) is 0 Å². The summed E-state index contributed by atoms with van der Waals surface area (Å²) >= 11 is 0. The van der Waals surface area contributed by atoms with Crippen molar-refractivity contribution in [1.29, 1.82) is 0 Å². The molecule has 1 saturated carbocycles. The minimum Gasteiger partial charge on any atom is -0.330 e.